The Bertz CT molecular complexity index is 825. The van der Waals surface area contributed by atoms with Crippen LogP contribution in [0.3, 0.4) is 0 Å². The Morgan fingerprint density at radius 2 is 1.77 bits per heavy atom. The van der Waals surface area contributed by atoms with E-state index in [1.807, 2.05) is 6.07 Å². The van der Waals surface area contributed by atoms with E-state index in [1.165, 1.54) is 26.3 Å². The molecular formula is C19H20N2O5. The molecule has 3 rings (SSSR count). The van der Waals surface area contributed by atoms with Crippen LogP contribution in [-0.4, -0.2) is 43.6 Å². The number of hydrazone groups is 1. The van der Waals surface area contributed by atoms with Gasteiger partial charge in [0.15, 0.2) is 11.5 Å². The zero-order valence-electron chi connectivity index (χ0n) is 14.8. The molecule has 1 aliphatic heterocycles. The molecule has 2 aromatic carbocycles. The number of hydrogen-bond acceptors (Lipinski definition) is 6. The van der Waals surface area contributed by atoms with Crippen molar-refractivity contribution in [3.05, 3.63) is 47.5 Å². The first-order valence-electron chi connectivity index (χ1n) is 8.02. The zero-order valence-corrected chi connectivity index (χ0v) is 14.8. The first kappa shape index (κ1) is 17.6. The third-order valence-corrected chi connectivity index (χ3v) is 4.34. The normalized spacial score (nSPS) is 16.2. The fourth-order valence-electron chi connectivity index (χ4n) is 3.07. The molecular weight excluding hydrogens is 336 g/mol. The number of para-hydroxylation sites is 1. The largest absolute Gasteiger partial charge is 0.507 e. The molecule has 0 fully saturated rings. The summed E-state index contributed by atoms with van der Waals surface area (Å²) in [5, 5.41) is 15.8. The number of nitrogens with zero attached hydrogens (tertiary/aromatic N) is 2. The molecule has 26 heavy (non-hydrogen) atoms. The molecule has 1 aliphatic rings. The molecule has 0 saturated heterocycles. The number of hydrogen-bond donors (Lipinski definition) is 1. The van der Waals surface area contributed by atoms with Gasteiger partial charge in [0.25, 0.3) is 0 Å². The highest BCUT2D eigenvalue weighted by molar-refractivity contribution is 6.04. The van der Waals surface area contributed by atoms with Crippen LogP contribution in [0.5, 0.6) is 23.0 Å². The molecule has 0 aromatic heterocycles. The van der Waals surface area contributed by atoms with Crippen LogP contribution >= 0.6 is 0 Å². The summed E-state index contributed by atoms with van der Waals surface area (Å²) in [6.07, 6.45) is 1.12. The number of phenols is 1. The highest BCUT2D eigenvalue weighted by atomic mass is 16.5. The highest BCUT2D eigenvalue weighted by Crippen LogP contribution is 2.43. The molecule has 7 heteroatoms. The lowest BCUT2D eigenvalue weighted by atomic mass is 9.97. The minimum atomic E-state index is -0.337. The van der Waals surface area contributed by atoms with Crippen molar-refractivity contribution >= 4 is 12.1 Å². The van der Waals surface area contributed by atoms with Gasteiger partial charge in [0.05, 0.1) is 33.1 Å². The van der Waals surface area contributed by atoms with Crippen molar-refractivity contribution in [2.75, 3.05) is 21.3 Å². The van der Waals surface area contributed by atoms with Gasteiger partial charge >= 0.3 is 0 Å². The Balaban J connectivity index is 2.00. The number of methoxy groups -OCH3 is 3. The third-order valence-electron chi connectivity index (χ3n) is 4.34. The van der Waals surface area contributed by atoms with Crippen LogP contribution in [0.1, 0.15) is 23.6 Å². The van der Waals surface area contributed by atoms with Crippen LogP contribution in [0.15, 0.2) is 41.5 Å². The highest BCUT2D eigenvalue weighted by Gasteiger charge is 2.31. The van der Waals surface area contributed by atoms with Crippen molar-refractivity contribution in [3.8, 4) is 23.0 Å². The maximum Gasteiger partial charge on any atom is 0.230 e. The first-order valence-corrected chi connectivity index (χ1v) is 8.02. The SMILES string of the molecule is COc1cc([C@@H]2CC(c3ccccc3O)=NN2C=O)cc(OC)c1OC. The fourth-order valence-corrected chi connectivity index (χ4v) is 3.07. The molecule has 1 N–H and O–H groups in total. The van der Waals surface area contributed by atoms with Crippen molar-refractivity contribution in [3.63, 3.8) is 0 Å². The van der Waals surface area contributed by atoms with Crippen LogP contribution in [0.2, 0.25) is 0 Å². The van der Waals surface area contributed by atoms with Crippen LogP contribution in [-0.2, 0) is 4.79 Å². The summed E-state index contributed by atoms with van der Waals surface area (Å²) in [6.45, 7) is 0. The predicted molar refractivity (Wildman–Crippen MR) is 96.0 cm³/mol. The van der Waals surface area contributed by atoms with Gasteiger partial charge in [-0.2, -0.15) is 5.10 Å². The smallest absolute Gasteiger partial charge is 0.230 e. The quantitative estimate of drug-likeness (QED) is 0.805. The standard InChI is InChI=1S/C19H20N2O5/c1-24-17-8-12(9-18(25-2)19(17)26-3)15-10-14(20-21(15)11-22)13-6-4-5-7-16(13)23/h4-9,11,15,23H,10H2,1-3H3/t15-/m0/s1. The molecule has 1 amide bonds. The number of phenolic OH excluding ortho intramolecular Hbond substituents is 1. The van der Waals surface area contributed by atoms with Gasteiger partial charge in [0.2, 0.25) is 12.2 Å². The van der Waals surface area contributed by atoms with Crippen LogP contribution in [0.25, 0.3) is 0 Å². The van der Waals surface area contributed by atoms with E-state index in [4.69, 9.17) is 14.2 Å². The van der Waals surface area contributed by atoms with E-state index in [9.17, 15) is 9.90 Å². The minimum absolute atomic E-state index is 0.127. The Kier molecular flexibility index (Phi) is 4.97. The Hall–Kier alpha value is -3.22. The number of rotatable bonds is 6. The monoisotopic (exact) mass is 356 g/mol. The van der Waals surface area contributed by atoms with Crippen molar-refractivity contribution in [1.29, 1.82) is 0 Å². The number of ether oxygens (including phenoxy) is 3. The lowest BCUT2D eigenvalue weighted by Gasteiger charge is -2.20. The van der Waals surface area contributed by atoms with E-state index in [1.54, 1.807) is 30.3 Å². The molecule has 1 atom stereocenters. The maximum atomic E-state index is 11.6. The first-order chi connectivity index (χ1) is 12.6. The van der Waals surface area contributed by atoms with E-state index in [0.717, 1.165) is 5.56 Å². The molecule has 0 spiro atoms. The predicted octanol–water partition coefficient (Wildman–Crippen LogP) is 2.73. The van der Waals surface area contributed by atoms with Crippen molar-refractivity contribution in [2.24, 2.45) is 5.10 Å². The average molecular weight is 356 g/mol. The molecule has 1 heterocycles. The molecule has 0 saturated carbocycles. The van der Waals surface area contributed by atoms with E-state index in [-0.39, 0.29) is 11.8 Å². The van der Waals surface area contributed by atoms with E-state index < -0.39 is 0 Å². The summed E-state index contributed by atoms with van der Waals surface area (Å²) in [7, 11) is 4.61. The lowest BCUT2D eigenvalue weighted by Crippen LogP contribution is -2.17. The maximum absolute atomic E-state index is 11.6. The number of benzene rings is 2. The summed E-state index contributed by atoms with van der Waals surface area (Å²) in [5.41, 5.74) is 2.03. The molecule has 0 radical (unpaired) electrons. The number of carbonyl (C=O) groups excluding carboxylic acids is 1. The molecule has 0 aliphatic carbocycles. The van der Waals surface area contributed by atoms with Gasteiger partial charge in [-0.05, 0) is 29.8 Å². The molecule has 0 unspecified atom stereocenters. The van der Waals surface area contributed by atoms with Crippen molar-refractivity contribution in [2.45, 2.75) is 12.5 Å². The lowest BCUT2D eigenvalue weighted by molar-refractivity contribution is -0.119. The third kappa shape index (κ3) is 3.03. The second kappa shape index (κ2) is 7.35. The van der Waals surface area contributed by atoms with Gasteiger partial charge < -0.3 is 19.3 Å². The van der Waals surface area contributed by atoms with Gasteiger partial charge in [-0.1, -0.05) is 12.1 Å². The Morgan fingerprint density at radius 3 is 2.31 bits per heavy atom. The Labute approximate surface area is 151 Å². The van der Waals surface area contributed by atoms with Gasteiger partial charge in [-0.25, -0.2) is 5.01 Å². The van der Waals surface area contributed by atoms with Gasteiger partial charge in [-0.15, -0.1) is 0 Å². The van der Waals surface area contributed by atoms with E-state index in [0.29, 0.717) is 41.4 Å². The van der Waals surface area contributed by atoms with Gasteiger partial charge in [0.1, 0.15) is 5.75 Å². The summed E-state index contributed by atoms with van der Waals surface area (Å²) >= 11 is 0. The van der Waals surface area contributed by atoms with E-state index in [2.05, 4.69) is 5.10 Å². The average Bonchev–Trinajstić information content (AvgIpc) is 3.11. The van der Waals surface area contributed by atoms with Crippen LogP contribution in [0, 0.1) is 0 Å². The summed E-state index contributed by atoms with van der Waals surface area (Å²) in [4.78, 5) is 11.6. The molecule has 7 nitrogen and oxygen atoms in total. The molecule has 136 valence electrons. The number of aromatic hydroxyl groups is 1. The Morgan fingerprint density at radius 1 is 1.12 bits per heavy atom. The topological polar surface area (TPSA) is 80.6 Å². The summed E-state index contributed by atoms with van der Waals surface area (Å²) < 4.78 is 16.1. The fraction of sp³-hybridized carbons (Fsp3) is 0.263. The zero-order chi connectivity index (χ0) is 18.7. The van der Waals surface area contributed by atoms with Gasteiger partial charge in [-0.3, -0.25) is 4.79 Å². The summed E-state index contributed by atoms with van der Waals surface area (Å²) in [5.74, 6) is 1.62. The van der Waals surface area contributed by atoms with Crippen LogP contribution in [0.4, 0.5) is 0 Å². The molecule has 2 aromatic rings. The number of carbonyl (C=O) groups is 1. The molecule has 0 bridgehead atoms. The van der Waals surface area contributed by atoms with Crippen molar-refractivity contribution < 1.29 is 24.1 Å². The minimum Gasteiger partial charge on any atom is -0.507 e. The second-order valence-corrected chi connectivity index (χ2v) is 5.73. The second-order valence-electron chi connectivity index (χ2n) is 5.73. The summed E-state index contributed by atoms with van der Waals surface area (Å²) in [6, 6.07) is 10.2. The number of amides is 1. The van der Waals surface area contributed by atoms with Crippen molar-refractivity contribution in [1.82, 2.24) is 5.01 Å². The van der Waals surface area contributed by atoms with E-state index >= 15 is 0 Å². The van der Waals surface area contributed by atoms with Crippen LogP contribution < -0.4 is 14.2 Å². The van der Waals surface area contributed by atoms with Gasteiger partial charge in [0, 0.05) is 12.0 Å².